The van der Waals surface area contributed by atoms with Gasteiger partial charge in [-0.05, 0) is 11.6 Å². The van der Waals surface area contributed by atoms with Crippen molar-refractivity contribution in [2.75, 3.05) is 0 Å². The molecule has 1 aromatic rings. The van der Waals surface area contributed by atoms with Gasteiger partial charge in [-0.25, -0.2) is 4.39 Å². The Morgan fingerprint density at radius 3 is 2.73 bits per heavy atom. The smallest absolute Gasteiger partial charge is 0.155 e. The minimum Gasteiger partial charge on any atom is -0.392 e. The van der Waals surface area contributed by atoms with Gasteiger partial charge in [-0.2, -0.15) is 0 Å². The third-order valence-corrected chi connectivity index (χ3v) is 2.10. The molecule has 0 spiro atoms. The van der Waals surface area contributed by atoms with Crippen LogP contribution in [-0.4, -0.2) is 5.11 Å². The van der Waals surface area contributed by atoms with Crippen LogP contribution in [0.5, 0.6) is 0 Å². The van der Waals surface area contributed by atoms with E-state index in [4.69, 9.17) is 16.7 Å². The lowest BCUT2D eigenvalue weighted by molar-refractivity contribution is 0.277. The summed E-state index contributed by atoms with van der Waals surface area (Å²) in [4.78, 5) is 0.111. The van der Waals surface area contributed by atoms with Gasteiger partial charge in [-0.15, -0.1) is 12.6 Å². The largest absolute Gasteiger partial charge is 0.392 e. The summed E-state index contributed by atoms with van der Waals surface area (Å²) in [5, 5.41) is 8.70. The fourth-order valence-electron chi connectivity index (χ4n) is 0.708. The molecule has 0 aliphatic heterocycles. The second kappa shape index (κ2) is 3.43. The molecule has 0 amide bonds. The van der Waals surface area contributed by atoms with Crippen LogP contribution in [0.3, 0.4) is 0 Å². The van der Waals surface area contributed by atoms with Crippen molar-refractivity contribution >= 4 is 24.2 Å². The van der Waals surface area contributed by atoms with Gasteiger partial charge in [0.25, 0.3) is 0 Å². The molecule has 0 aliphatic rings. The molecule has 60 valence electrons. The molecule has 1 rings (SSSR count). The van der Waals surface area contributed by atoms with E-state index in [0.717, 1.165) is 0 Å². The zero-order valence-electron chi connectivity index (χ0n) is 5.51. The zero-order valence-corrected chi connectivity index (χ0v) is 7.16. The average Bonchev–Trinajstić information content (AvgIpc) is 2.01. The van der Waals surface area contributed by atoms with Crippen molar-refractivity contribution in [3.8, 4) is 0 Å². The number of benzene rings is 1. The molecule has 1 N–H and O–H groups in total. The average molecular weight is 193 g/mol. The maximum atomic E-state index is 12.9. The molecular weight excluding hydrogens is 187 g/mol. The van der Waals surface area contributed by atoms with Gasteiger partial charge >= 0.3 is 0 Å². The van der Waals surface area contributed by atoms with Crippen LogP contribution < -0.4 is 0 Å². The van der Waals surface area contributed by atoms with Gasteiger partial charge in [0.1, 0.15) is 0 Å². The van der Waals surface area contributed by atoms with Gasteiger partial charge in [0, 0.05) is 4.90 Å². The molecule has 4 heteroatoms. The summed E-state index contributed by atoms with van der Waals surface area (Å²) in [5.41, 5.74) is 0.440. The summed E-state index contributed by atoms with van der Waals surface area (Å²) >= 11 is 9.28. The SMILES string of the molecule is OCc1ccc(Cl)c(F)c1S. The number of halogens is 2. The molecule has 0 heterocycles. The predicted molar refractivity (Wildman–Crippen MR) is 44.6 cm³/mol. The van der Waals surface area contributed by atoms with E-state index in [1.807, 2.05) is 0 Å². The van der Waals surface area contributed by atoms with Crippen LogP contribution in [-0.2, 0) is 6.61 Å². The van der Waals surface area contributed by atoms with Crippen molar-refractivity contribution < 1.29 is 9.50 Å². The summed E-state index contributed by atoms with van der Waals surface area (Å²) in [6, 6.07) is 2.93. The summed E-state index contributed by atoms with van der Waals surface area (Å²) in [6.45, 7) is -0.229. The van der Waals surface area contributed by atoms with Crippen molar-refractivity contribution in [3.63, 3.8) is 0 Å². The Bertz CT molecular complexity index is 277. The number of thiol groups is 1. The quantitative estimate of drug-likeness (QED) is 0.654. The number of aliphatic hydroxyl groups is 1. The van der Waals surface area contributed by atoms with Crippen LogP contribution in [0.4, 0.5) is 4.39 Å². The summed E-state index contributed by atoms with van der Waals surface area (Å²) in [5.74, 6) is -0.582. The van der Waals surface area contributed by atoms with E-state index in [-0.39, 0.29) is 16.5 Å². The topological polar surface area (TPSA) is 20.2 Å². The molecule has 0 aliphatic carbocycles. The first-order valence-corrected chi connectivity index (χ1v) is 3.76. The van der Waals surface area contributed by atoms with E-state index < -0.39 is 5.82 Å². The van der Waals surface area contributed by atoms with Crippen LogP contribution in [0.1, 0.15) is 5.56 Å². The maximum Gasteiger partial charge on any atom is 0.155 e. The summed E-state index contributed by atoms with van der Waals surface area (Å²) in [6.07, 6.45) is 0. The Morgan fingerprint density at radius 2 is 2.18 bits per heavy atom. The maximum absolute atomic E-state index is 12.9. The third-order valence-electron chi connectivity index (χ3n) is 1.32. The molecule has 0 unspecified atom stereocenters. The molecule has 0 aromatic heterocycles. The predicted octanol–water partition coefficient (Wildman–Crippen LogP) is 2.26. The first-order chi connectivity index (χ1) is 5.16. The van der Waals surface area contributed by atoms with Crippen molar-refractivity contribution in [2.24, 2.45) is 0 Å². The second-order valence-corrected chi connectivity index (χ2v) is 2.88. The van der Waals surface area contributed by atoms with E-state index in [1.54, 1.807) is 0 Å². The highest BCUT2D eigenvalue weighted by Crippen LogP contribution is 2.24. The first kappa shape index (κ1) is 8.84. The van der Waals surface area contributed by atoms with Gasteiger partial charge < -0.3 is 5.11 Å². The molecule has 0 atom stereocenters. The Kier molecular flexibility index (Phi) is 2.76. The Morgan fingerprint density at radius 1 is 1.55 bits per heavy atom. The van der Waals surface area contributed by atoms with E-state index in [9.17, 15) is 4.39 Å². The first-order valence-electron chi connectivity index (χ1n) is 2.93. The minimum atomic E-state index is -0.582. The Hall–Kier alpha value is -0.250. The molecular formula is C7H6ClFOS. The fraction of sp³-hybridized carbons (Fsp3) is 0.143. The van der Waals surface area contributed by atoms with Gasteiger partial charge in [0.15, 0.2) is 5.82 Å². The van der Waals surface area contributed by atoms with E-state index in [2.05, 4.69) is 12.6 Å². The highest BCUT2D eigenvalue weighted by molar-refractivity contribution is 7.80. The molecule has 0 radical (unpaired) electrons. The monoisotopic (exact) mass is 192 g/mol. The normalized spacial score (nSPS) is 10.2. The highest BCUT2D eigenvalue weighted by Gasteiger charge is 2.07. The number of hydrogen-bond donors (Lipinski definition) is 2. The van der Waals surface area contributed by atoms with Gasteiger partial charge in [0.05, 0.1) is 11.6 Å². The number of aliphatic hydroxyl groups excluding tert-OH is 1. The molecule has 1 aromatic carbocycles. The van der Waals surface area contributed by atoms with Crippen LogP contribution in [0.15, 0.2) is 17.0 Å². The van der Waals surface area contributed by atoms with E-state index in [1.165, 1.54) is 12.1 Å². The lowest BCUT2D eigenvalue weighted by Crippen LogP contribution is -1.89. The van der Waals surface area contributed by atoms with Crippen molar-refractivity contribution in [1.29, 1.82) is 0 Å². The Balaban J connectivity index is 3.25. The lowest BCUT2D eigenvalue weighted by Gasteiger charge is -2.02. The van der Waals surface area contributed by atoms with Crippen molar-refractivity contribution in [1.82, 2.24) is 0 Å². The van der Waals surface area contributed by atoms with Crippen LogP contribution in [0.25, 0.3) is 0 Å². The minimum absolute atomic E-state index is 0.0206. The Labute approximate surface area is 74.2 Å². The van der Waals surface area contributed by atoms with Crippen LogP contribution in [0, 0.1) is 5.82 Å². The number of hydrogen-bond acceptors (Lipinski definition) is 2. The molecule has 0 saturated heterocycles. The van der Waals surface area contributed by atoms with Crippen LogP contribution in [0.2, 0.25) is 5.02 Å². The standard InChI is InChI=1S/C7H6ClFOS/c8-5-2-1-4(3-10)7(11)6(5)9/h1-2,10-11H,3H2. The fourth-order valence-corrected chi connectivity index (χ4v) is 1.20. The van der Waals surface area contributed by atoms with E-state index >= 15 is 0 Å². The van der Waals surface area contributed by atoms with E-state index in [0.29, 0.717) is 5.56 Å². The zero-order chi connectivity index (χ0) is 8.43. The van der Waals surface area contributed by atoms with Gasteiger partial charge in [-0.1, -0.05) is 17.7 Å². The molecule has 1 nitrogen and oxygen atoms in total. The van der Waals surface area contributed by atoms with Crippen molar-refractivity contribution in [2.45, 2.75) is 11.5 Å². The lowest BCUT2D eigenvalue weighted by atomic mass is 10.2. The number of rotatable bonds is 1. The highest BCUT2D eigenvalue weighted by atomic mass is 35.5. The molecule has 0 bridgehead atoms. The molecule has 0 saturated carbocycles. The van der Waals surface area contributed by atoms with Crippen LogP contribution >= 0.6 is 24.2 Å². The second-order valence-electron chi connectivity index (χ2n) is 2.03. The summed E-state index contributed by atoms with van der Waals surface area (Å²) in [7, 11) is 0. The van der Waals surface area contributed by atoms with Gasteiger partial charge in [0.2, 0.25) is 0 Å². The van der Waals surface area contributed by atoms with Gasteiger partial charge in [-0.3, -0.25) is 0 Å². The van der Waals surface area contributed by atoms with Crippen molar-refractivity contribution in [3.05, 3.63) is 28.5 Å². The molecule has 0 fully saturated rings. The third kappa shape index (κ3) is 1.67. The summed E-state index contributed by atoms with van der Waals surface area (Å²) < 4.78 is 12.9. The molecule has 11 heavy (non-hydrogen) atoms.